The first-order valence-electron chi connectivity index (χ1n) is 6.40. The second-order valence-electron chi connectivity index (χ2n) is 4.69. The largest absolute Gasteiger partial charge is 0.435 e. The first kappa shape index (κ1) is 17.6. The Kier molecular flexibility index (Phi) is 4.88. The van der Waals surface area contributed by atoms with Gasteiger partial charge in [0.25, 0.3) is 0 Å². The molecule has 2 rings (SSSR count). The van der Waals surface area contributed by atoms with Crippen molar-refractivity contribution in [2.75, 3.05) is 0 Å². The molecule has 2 heterocycles. The molecule has 0 unspecified atom stereocenters. The van der Waals surface area contributed by atoms with Crippen LogP contribution in [0, 0.1) is 0 Å². The number of rotatable bonds is 4. The fourth-order valence-electron chi connectivity index (χ4n) is 1.98. The number of aromatic nitrogens is 3. The van der Waals surface area contributed by atoms with Gasteiger partial charge in [0.1, 0.15) is 10.8 Å². The molecule has 0 aliphatic carbocycles. The fraction of sp³-hybridized carbons (Fsp3) is 0.385. The zero-order chi connectivity index (χ0) is 17.3. The normalized spacial score (nSPS) is 12.7. The van der Waals surface area contributed by atoms with Gasteiger partial charge in [-0.25, -0.2) is 4.98 Å². The minimum Gasteiger partial charge on any atom is -0.260 e. The van der Waals surface area contributed by atoms with Gasteiger partial charge in [0.05, 0.1) is 0 Å². The van der Waals surface area contributed by atoms with Crippen LogP contribution >= 0.6 is 11.6 Å². The van der Waals surface area contributed by atoms with Gasteiger partial charge in [0.15, 0.2) is 5.69 Å². The molecule has 23 heavy (non-hydrogen) atoms. The van der Waals surface area contributed by atoms with Crippen molar-refractivity contribution in [2.45, 2.75) is 31.7 Å². The minimum atomic E-state index is -4.93. The van der Waals surface area contributed by atoms with E-state index >= 15 is 0 Å². The highest BCUT2D eigenvalue weighted by Crippen LogP contribution is 2.35. The summed E-state index contributed by atoms with van der Waals surface area (Å²) in [5.41, 5.74) is -2.39. The van der Waals surface area contributed by atoms with E-state index in [4.69, 9.17) is 11.6 Å². The Hall–Kier alpha value is -1.77. The summed E-state index contributed by atoms with van der Waals surface area (Å²) in [6, 6.07) is 3.26. The average Bonchev–Trinajstić information content (AvgIpc) is 2.85. The monoisotopic (exact) mass is 357 g/mol. The van der Waals surface area contributed by atoms with Gasteiger partial charge < -0.3 is 0 Å². The smallest absolute Gasteiger partial charge is 0.260 e. The quantitative estimate of drug-likeness (QED) is 0.591. The molecule has 0 bridgehead atoms. The molecule has 0 spiro atoms. The Labute approximate surface area is 131 Å². The lowest BCUT2D eigenvalue weighted by Crippen LogP contribution is -2.15. The molecule has 10 heteroatoms. The van der Waals surface area contributed by atoms with E-state index in [-0.39, 0.29) is 30.6 Å². The third-order valence-corrected chi connectivity index (χ3v) is 3.35. The summed E-state index contributed by atoms with van der Waals surface area (Å²) in [5.74, 6) is 0. The molecule has 0 aliphatic rings. The van der Waals surface area contributed by atoms with E-state index in [0.717, 1.165) is 0 Å². The highest BCUT2D eigenvalue weighted by molar-refractivity contribution is 6.30. The van der Waals surface area contributed by atoms with Crippen LogP contribution < -0.4 is 0 Å². The van der Waals surface area contributed by atoms with Crippen LogP contribution in [0.5, 0.6) is 0 Å². The number of nitrogens with zero attached hydrogens (tertiary/aromatic N) is 3. The predicted octanol–water partition coefficient (Wildman–Crippen LogP) is 4.60. The van der Waals surface area contributed by atoms with Gasteiger partial charge >= 0.3 is 12.4 Å². The molecule has 0 radical (unpaired) electrons. The predicted molar refractivity (Wildman–Crippen MR) is 69.8 cm³/mol. The van der Waals surface area contributed by atoms with Crippen LogP contribution in [-0.4, -0.2) is 14.8 Å². The lowest BCUT2D eigenvalue weighted by atomic mass is 10.1. The van der Waals surface area contributed by atoms with Gasteiger partial charge in [-0.15, -0.1) is 0 Å². The van der Waals surface area contributed by atoms with Crippen LogP contribution in [0.2, 0.25) is 5.15 Å². The van der Waals surface area contributed by atoms with E-state index in [2.05, 4.69) is 10.1 Å². The summed E-state index contributed by atoms with van der Waals surface area (Å²) in [4.78, 5) is 3.81. The molecule has 2 aromatic heterocycles. The van der Waals surface area contributed by atoms with E-state index in [1.807, 2.05) is 0 Å². The summed E-state index contributed by atoms with van der Waals surface area (Å²) in [6.45, 7) is -0.323. The zero-order valence-electron chi connectivity index (χ0n) is 11.4. The molecule has 126 valence electrons. The van der Waals surface area contributed by atoms with Crippen molar-refractivity contribution in [2.24, 2.45) is 0 Å². The van der Waals surface area contributed by atoms with Crippen LogP contribution in [0.25, 0.3) is 0 Å². The van der Waals surface area contributed by atoms with Crippen LogP contribution in [-0.2, 0) is 25.3 Å². The third-order valence-electron chi connectivity index (χ3n) is 3.01. The van der Waals surface area contributed by atoms with Gasteiger partial charge in [-0.3, -0.25) is 4.68 Å². The number of aryl methyl sites for hydroxylation is 2. The molecule has 0 saturated carbocycles. The molecule has 0 saturated heterocycles. The Bertz CT molecular complexity index is 677. The van der Waals surface area contributed by atoms with Crippen molar-refractivity contribution in [1.82, 2.24) is 14.8 Å². The summed E-state index contributed by atoms with van der Waals surface area (Å²) in [5, 5.41) is 3.23. The lowest BCUT2D eigenvalue weighted by molar-refractivity contribution is -0.144. The number of hydrogen-bond acceptors (Lipinski definition) is 2. The Morgan fingerprint density at radius 3 is 2.35 bits per heavy atom. The molecule has 2 aromatic rings. The highest BCUT2D eigenvalue weighted by atomic mass is 35.5. The van der Waals surface area contributed by atoms with E-state index < -0.39 is 23.7 Å². The van der Waals surface area contributed by atoms with Gasteiger partial charge in [0.2, 0.25) is 0 Å². The van der Waals surface area contributed by atoms with E-state index in [1.165, 1.54) is 6.20 Å². The second kappa shape index (κ2) is 6.38. The van der Waals surface area contributed by atoms with Crippen molar-refractivity contribution < 1.29 is 26.3 Å². The topological polar surface area (TPSA) is 30.7 Å². The summed E-state index contributed by atoms with van der Waals surface area (Å²) >= 11 is 5.81. The van der Waals surface area contributed by atoms with Crippen molar-refractivity contribution >= 4 is 11.6 Å². The molecular weight excluding hydrogens is 348 g/mol. The van der Waals surface area contributed by atoms with Crippen molar-refractivity contribution in [1.29, 1.82) is 0 Å². The average molecular weight is 358 g/mol. The van der Waals surface area contributed by atoms with Crippen LogP contribution in [0.3, 0.4) is 0 Å². The SMILES string of the molecule is FC(F)(F)c1cc(C(F)(F)F)n(CCCc2cccnc2Cl)n1. The molecule has 3 nitrogen and oxygen atoms in total. The molecule has 0 fully saturated rings. The summed E-state index contributed by atoms with van der Waals surface area (Å²) in [6.07, 6.45) is -7.99. The molecule has 0 atom stereocenters. The lowest BCUT2D eigenvalue weighted by Gasteiger charge is -2.10. The maximum atomic E-state index is 12.8. The standard InChI is InChI=1S/C13H10ClF6N3/c14-11-8(3-1-5-21-11)4-2-6-23-10(13(18,19)20)7-9(22-23)12(15,16)17/h1,3,5,7H,2,4,6H2. The van der Waals surface area contributed by atoms with Gasteiger partial charge in [-0.05, 0) is 24.5 Å². The highest BCUT2D eigenvalue weighted by Gasteiger charge is 2.41. The van der Waals surface area contributed by atoms with Gasteiger partial charge in [0, 0.05) is 18.8 Å². The number of halogens is 7. The summed E-state index contributed by atoms with van der Waals surface area (Å²) in [7, 11) is 0. The molecule has 0 N–H and O–H groups in total. The van der Waals surface area contributed by atoms with Crippen molar-refractivity contribution in [3.8, 4) is 0 Å². The first-order chi connectivity index (χ1) is 10.6. The number of pyridine rings is 1. The maximum absolute atomic E-state index is 12.8. The zero-order valence-corrected chi connectivity index (χ0v) is 12.2. The second-order valence-corrected chi connectivity index (χ2v) is 5.05. The molecule has 0 amide bonds. The summed E-state index contributed by atoms with van der Waals surface area (Å²) < 4.78 is 76.4. The Morgan fingerprint density at radius 1 is 1.09 bits per heavy atom. The minimum absolute atomic E-state index is 0.0110. The van der Waals surface area contributed by atoms with Crippen LogP contribution in [0.15, 0.2) is 24.4 Å². The Morgan fingerprint density at radius 2 is 1.78 bits per heavy atom. The molecule has 0 aliphatic heterocycles. The van der Waals surface area contributed by atoms with Crippen molar-refractivity contribution in [3.63, 3.8) is 0 Å². The van der Waals surface area contributed by atoms with E-state index in [9.17, 15) is 26.3 Å². The molecule has 0 aromatic carbocycles. The number of hydrogen-bond donors (Lipinski definition) is 0. The Balaban J connectivity index is 2.16. The third kappa shape index (κ3) is 4.37. The van der Waals surface area contributed by atoms with E-state index in [1.54, 1.807) is 12.1 Å². The van der Waals surface area contributed by atoms with Crippen molar-refractivity contribution in [3.05, 3.63) is 46.5 Å². The van der Waals surface area contributed by atoms with E-state index in [0.29, 0.717) is 10.2 Å². The van der Waals surface area contributed by atoms with Crippen LogP contribution in [0.1, 0.15) is 23.4 Å². The number of alkyl halides is 6. The molecular formula is C13H10ClF6N3. The first-order valence-corrected chi connectivity index (χ1v) is 6.78. The maximum Gasteiger partial charge on any atom is 0.435 e. The van der Waals surface area contributed by atoms with Gasteiger partial charge in [-0.1, -0.05) is 17.7 Å². The van der Waals surface area contributed by atoms with Crippen LogP contribution in [0.4, 0.5) is 26.3 Å². The fourth-order valence-corrected chi connectivity index (χ4v) is 2.19. The van der Waals surface area contributed by atoms with Gasteiger partial charge in [-0.2, -0.15) is 31.4 Å².